The topological polar surface area (TPSA) is 59.6 Å². The maximum Gasteiger partial charge on any atom is 0.233 e. The maximum absolute atomic E-state index is 11.5. The summed E-state index contributed by atoms with van der Waals surface area (Å²) >= 11 is 0. The van der Waals surface area contributed by atoms with Crippen molar-refractivity contribution in [1.82, 2.24) is 10.6 Å². The van der Waals surface area contributed by atoms with Gasteiger partial charge in [0.2, 0.25) is 5.91 Å². The molecule has 104 valence electrons. The highest BCUT2D eigenvalue weighted by molar-refractivity contribution is 5.77. The van der Waals surface area contributed by atoms with Gasteiger partial charge >= 0.3 is 0 Å². The minimum absolute atomic E-state index is 0.0174. The van der Waals surface area contributed by atoms with E-state index in [9.17, 15) is 4.79 Å². The molecule has 1 amide bonds. The Kier molecular flexibility index (Phi) is 5.03. The van der Waals surface area contributed by atoms with Crippen LogP contribution >= 0.6 is 0 Å². The van der Waals surface area contributed by atoms with Gasteiger partial charge in [-0.3, -0.25) is 4.79 Å². The molecule has 2 rings (SSSR count). The molecule has 0 bridgehead atoms. The van der Waals surface area contributed by atoms with Crippen LogP contribution in [-0.4, -0.2) is 32.2 Å². The van der Waals surface area contributed by atoms with Crippen molar-refractivity contribution in [2.75, 3.05) is 26.3 Å². The second-order valence-electron chi connectivity index (χ2n) is 4.39. The van der Waals surface area contributed by atoms with E-state index >= 15 is 0 Å². The molecule has 5 nitrogen and oxygen atoms in total. The number of carbonyl (C=O) groups is 1. The third-order valence-corrected chi connectivity index (χ3v) is 2.82. The van der Waals surface area contributed by atoms with Gasteiger partial charge in [0.1, 0.15) is 13.2 Å². The Morgan fingerprint density at radius 1 is 1.32 bits per heavy atom. The Morgan fingerprint density at radius 2 is 2.16 bits per heavy atom. The Morgan fingerprint density at radius 3 is 3.00 bits per heavy atom. The molecule has 1 aliphatic heterocycles. The Balaban J connectivity index is 1.84. The van der Waals surface area contributed by atoms with Gasteiger partial charge in [0.05, 0.1) is 6.54 Å². The number of carbonyl (C=O) groups excluding carboxylic acids is 1. The highest BCUT2D eigenvalue weighted by Crippen LogP contribution is 2.33. The number of fused-ring (bicyclic) bond motifs is 1. The zero-order valence-corrected chi connectivity index (χ0v) is 11.2. The van der Waals surface area contributed by atoms with E-state index in [0.29, 0.717) is 26.3 Å². The van der Waals surface area contributed by atoms with Gasteiger partial charge < -0.3 is 20.1 Å². The zero-order chi connectivity index (χ0) is 13.5. The van der Waals surface area contributed by atoms with Crippen molar-refractivity contribution in [3.05, 3.63) is 23.8 Å². The predicted molar refractivity (Wildman–Crippen MR) is 72.4 cm³/mol. The van der Waals surface area contributed by atoms with E-state index < -0.39 is 0 Å². The van der Waals surface area contributed by atoms with Crippen molar-refractivity contribution in [1.29, 1.82) is 0 Å². The first kappa shape index (κ1) is 13.7. The van der Waals surface area contributed by atoms with E-state index in [4.69, 9.17) is 9.47 Å². The summed E-state index contributed by atoms with van der Waals surface area (Å²) < 4.78 is 11.1. The lowest BCUT2D eigenvalue weighted by Crippen LogP contribution is -2.34. The number of hydrogen-bond acceptors (Lipinski definition) is 4. The molecular formula is C14H20N2O3. The first-order valence-electron chi connectivity index (χ1n) is 6.66. The van der Waals surface area contributed by atoms with Gasteiger partial charge in [0.25, 0.3) is 0 Å². The number of ether oxygens (including phenoxy) is 2. The van der Waals surface area contributed by atoms with Crippen LogP contribution in [0.5, 0.6) is 11.5 Å². The van der Waals surface area contributed by atoms with Crippen LogP contribution in [0.15, 0.2) is 18.2 Å². The van der Waals surface area contributed by atoms with Crippen molar-refractivity contribution in [3.8, 4) is 11.5 Å². The largest absolute Gasteiger partial charge is 0.486 e. The molecule has 1 heterocycles. The van der Waals surface area contributed by atoms with Crippen molar-refractivity contribution in [3.63, 3.8) is 0 Å². The molecule has 0 fully saturated rings. The van der Waals surface area contributed by atoms with Gasteiger partial charge in [-0.15, -0.1) is 0 Å². The molecule has 5 heteroatoms. The van der Waals surface area contributed by atoms with Gasteiger partial charge in [0, 0.05) is 18.7 Å². The predicted octanol–water partition coefficient (Wildman–Crippen LogP) is 1.07. The molecule has 1 aliphatic rings. The molecular weight excluding hydrogens is 244 g/mol. The lowest BCUT2D eigenvalue weighted by atomic mass is 10.1. The number of hydrogen-bond donors (Lipinski definition) is 2. The molecule has 0 saturated heterocycles. The highest BCUT2D eigenvalue weighted by atomic mass is 16.6. The van der Waals surface area contributed by atoms with Gasteiger partial charge in [-0.25, -0.2) is 0 Å². The first-order valence-corrected chi connectivity index (χ1v) is 6.66. The Bertz CT molecular complexity index is 435. The quantitative estimate of drug-likeness (QED) is 0.807. The van der Waals surface area contributed by atoms with Crippen molar-refractivity contribution in [2.24, 2.45) is 0 Å². The summed E-state index contributed by atoms with van der Waals surface area (Å²) in [4.78, 5) is 11.5. The monoisotopic (exact) mass is 264 g/mol. The molecule has 0 aliphatic carbocycles. The molecule has 0 spiro atoms. The van der Waals surface area contributed by atoms with Crippen LogP contribution in [0.4, 0.5) is 0 Å². The number of nitrogens with one attached hydrogen (secondary N) is 2. The first-order chi connectivity index (χ1) is 9.31. The SMILES string of the molecule is CCCNC(=O)CNCc1cccc2c1OCCO2. The minimum Gasteiger partial charge on any atom is -0.486 e. The van der Waals surface area contributed by atoms with E-state index in [-0.39, 0.29) is 5.91 Å². The van der Waals surface area contributed by atoms with Crippen molar-refractivity contribution < 1.29 is 14.3 Å². The van der Waals surface area contributed by atoms with E-state index in [2.05, 4.69) is 10.6 Å². The van der Waals surface area contributed by atoms with Crippen molar-refractivity contribution >= 4 is 5.91 Å². The van der Waals surface area contributed by atoms with Crippen LogP contribution in [0.2, 0.25) is 0 Å². The fraction of sp³-hybridized carbons (Fsp3) is 0.500. The highest BCUT2D eigenvalue weighted by Gasteiger charge is 2.15. The van der Waals surface area contributed by atoms with E-state index in [0.717, 1.165) is 30.0 Å². The normalized spacial score (nSPS) is 13.1. The molecule has 2 N–H and O–H groups in total. The third kappa shape index (κ3) is 3.86. The summed E-state index contributed by atoms with van der Waals surface area (Å²) in [5, 5.41) is 5.94. The average molecular weight is 264 g/mol. The summed E-state index contributed by atoms with van der Waals surface area (Å²) in [6.45, 7) is 4.81. The maximum atomic E-state index is 11.5. The average Bonchev–Trinajstić information content (AvgIpc) is 2.45. The van der Waals surface area contributed by atoms with Crippen LogP contribution in [-0.2, 0) is 11.3 Å². The van der Waals surface area contributed by atoms with Gasteiger partial charge in [-0.1, -0.05) is 19.1 Å². The summed E-state index contributed by atoms with van der Waals surface area (Å²) in [6.07, 6.45) is 0.948. The Hall–Kier alpha value is -1.75. The minimum atomic E-state index is 0.0174. The van der Waals surface area contributed by atoms with E-state index in [1.165, 1.54) is 0 Å². The van der Waals surface area contributed by atoms with Gasteiger partial charge in [-0.2, -0.15) is 0 Å². The molecule has 19 heavy (non-hydrogen) atoms. The number of rotatable bonds is 6. The van der Waals surface area contributed by atoms with Crippen LogP contribution < -0.4 is 20.1 Å². The summed E-state index contributed by atoms with van der Waals surface area (Å²) in [5.41, 5.74) is 1.01. The second-order valence-corrected chi connectivity index (χ2v) is 4.39. The van der Waals surface area contributed by atoms with E-state index in [1.54, 1.807) is 0 Å². The van der Waals surface area contributed by atoms with Crippen LogP contribution in [0.25, 0.3) is 0 Å². The molecule has 0 radical (unpaired) electrons. The third-order valence-electron chi connectivity index (χ3n) is 2.82. The number of benzene rings is 1. The molecule has 1 aromatic rings. The standard InChI is InChI=1S/C14H20N2O3/c1-2-6-16-13(17)10-15-9-11-4-3-5-12-14(11)19-8-7-18-12/h3-5,15H,2,6-10H2,1H3,(H,16,17). The molecule has 0 aromatic heterocycles. The van der Waals surface area contributed by atoms with Crippen LogP contribution in [0, 0.1) is 0 Å². The van der Waals surface area contributed by atoms with Gasteiger partial charge in [0.15, 0.2) is 11.5 Å². The van der Waals surface area contributed by atoms with E-state index in [1.807, 2.05) is 25.1 Å². The zero-order valence-electron chi connectivity index (χ0n) is 11.2. The lowest BCUT2D eigenvalue weighted by molar-refractivity contribution is -0.120. The van der Waals surface area contributed by atoms with Crippen LogP contribution in [0.3, 0.4) is 0 Å². The second kappa shape index (κ2) is 6.99. The summed E-state index contributed by atoms with van der Waals surface area (Å²) in [5.74, 6) is 1.58. The smallest absolute Gasteiger partial charge is 0.233 e. The molecule has 0 unspecified atom stereocenters. The van der Waals surface area contributed by atoms with Crippen molar-refractivity contribution in [2.45, 2.75) is 19.9 Å². The fourth-order valence-corrected chi connectivity index (χ4v) is 1.91. The number of para-hydroxylation sites is 1. The summed E-state index contributed by atoms with van der Waals surface area (Å²) in [7, 11) is 0. The molecule has 1 aromatic carbocycles. The Labute approximate surface area is 113 Å². The fourth-order valence-electron chi connectivity index (χ4n) is 1.91. The van der Waals surface area contributed by atoms with Crippen LogP contribution in [0.1, 0.15) is 18.9 Å². The van der Waals surface area contributed by atoms with Gasteiger partial charge in [-0.05, 0) is 12.5 Å². The summed E-state index contributed by atoms with van der Waals surface area (Å²) in [6, 6.07) is 5.80. The number of amides is 1. The lowest BCUT2D eigenvalue weighted by Gasteiger charge is -2.21. The molecule has 0 saturated carbocycles. The molecule has 0 atom stereocenters.